The molecule has 0 spiro atoms. The molecule has 168 valence electrons. The zero-order valence-electron chi connectivity index (χ0n) is 17.0. The van der Waals surface area contributed by atoms with Gasteiger partial charge in [0.25, 0.3) is 0 Å². The van der Waals surface area contributed by atoms with E-state index in [9.17, 15) is 18.3 Å². The van der Waals surface area contributed by atoms with Gasteiger partial charge in [0, 0.05) is 41.2 Å². The molecule has 4 rings (SSSR count). The molecule has 0 bridgehead atoms. The number of rotatable bonds is 6. The summed E-state index contributed by atoms with van der Waals surface area (Å²) >= 11 is 6.11. The monoisotopic (exact) mass is 471 g/mol. The van der Waals surface area contributed by atoms with Gasteiger partial charge in [-0.25, -0.2) is 9.97 Å². The van der Waals surface area contributed by atoms with Crippen LogP contribution in [-0.2, 0) is 12.0 Å². The molecule has 33 heavy (non-hydrogen) atoms. The number of alkyl halides is 3. The molecule has 1 unspecified atom stereocenters. The second kappa shape index (κ2) is 9.17. The van der Waals surface area contributed by atoms with Crippen molar-refractivity contribution in [2.45, 2.75) is 18.4 Å². The first-order valence-electron chi connectivity index (χ1n) is 9.78. The van der Waals surface area contributed by atoms with Gasteiger partial charge in [0.15, 0.2) is 0 Å². The molecule has 2 heterocycles. The number of hydrogen-bond acceptors (Lipinski definition) is 5. The van der Waals surface area contributed by atoms with Crippen LogP contribution in [0.15, 0.2) is 85.6 Å². The zero-order chi connectivity index (χ0) is 23.5. The molecule has 0 aliphatic carbocycles. The smallest absolute Gasteiger partial charge is 0.406 e. The largest absolute Gasteiger partial charge is 0.573 e. The van der Waals surface area contributed by atoms with E-state index in [0.717, 1.165) is 5.56 Å². The molecule has 2 aromatic carbocycles. The fourth-order valence-electron chi connectivity index (χ4n) is 3.45. The van der Waals surface area contributed by atoms with E-state index < -0.39 is 12.0 Å². The molecule has 9 heteroatoms. The van der Waals surface area contributed by atoms with E-state index >= 15 is 0 Å². The van der Waals surface area contributed by atoms with Crippen molar-refractivity contribution in [3.05, 3.63) is 107 Å². The third-order valence-electron chi connectivity index (χ3n) is 5.00. The van der Waals surface area contributed by atoms with E-state index in [1.807, 2.05) is 6.07 Å². The van der Waals surface area contributed by atoms with Gasteiger partial charge >= 0.3 is 6.36 Å². The van der Waals surface area contributed by atoms with Crippen LogP contribution >= 0.6 is 11.6 Å². The van der Waals surface area contributed by atoms with Crippen molar-refractivity contribution < 1.29 is 23.0 Å². The van der Waals surface area contributed by atoms with E-state index in [2.05, 4.69) is 19.7 Å². The van der Waals surface area contributed by atoms with Crippen molar-refractivity contribution in [1.29, 1.82) is 0 Å². The Balaban J connectivity index is 1.65. The highest BCUT2D eigenvalue weighted by Gasteiger charge is 2.34. The number of aliphatic hydroxyl groups is 1. The minimum Gasteiger partial charge on any atom is -0.406 e. The third-order valence-corrected chi connectivity index (χ3v) is 5.23. The lowest BCUT2D eigenvalue weighted by atomic mass is 9.85. The fraction of sp³-hybridized carbons (Fsp3) is 0.125. The molecule has 0 aliphatic rings. The fourth-order valence-corrected chi connectivity index (χ4v) is 3.67. The molecule has 0 amide bonds. The van der Waals surface area contributed by atoms with Crippen LogP contribution < -0.4 is 4.74 Å². The van der Waals surface area contributed by atoms with Crippen molar-refractivity contribution >= 4 is 11.6 Å². The summed E-state index contributed by atoms with van der Waals surface area (Å²) in [5, 5.41) is 12.2. The Morgan fingerprint density at radius 3 is 2.18 bits per heavy atom. The summed E-state index contributed by atoms with van der Waals surface area (Å²) in [4.78, 5) is 12.5. The predicted molar refractivity (Wildman–Crippen MR) is 117 cm³/mol. The minimum atomic E-state index is -4.75. The average molecular weight is 472 g/mol. The summed E-state index contributed by atoms with van der Waals surface area (Å²) in [6.07, 6.45) is 1.38. The summed E-state index contributed by atoms with van der Waals surface area (Å²) in [5.74, 6) is -0.309. The van der Waals surface area contributed by atoms with Crippen LogP contribution in [0, 0.1) is 0 Å². The zero-order valence-corrected chi connectivity index (χ0v) is 17.8. The number of nitrogens with zero attached hydrogens (tertiary/aromatic N) is 3. The van der Waals surface area contributed by atoms with Crippen molar-refractivity contribution in [1.82, 2.24) is 15.0 Å². The second-order valence-corrected chi connectivity index (χ2v) is 7.73. The molecule has 0 fully saturated rings. The lowest BCUT2D eigenvalue weighted by Gasteiger charge is -2.28. The Morgan fingerprint density at radius 1 is 0.879 bits per heavy atom. The molecular weight excluding hydrogens is 455 g/mol. The SMILES string of the molecule is OC(Cc1cccc(Cl)c1)(c1cncnc1)c1ccc(-c2ccc(OC(F)(F)F)cc2)cn1. The number of halogens is 4. The van der Waals surface area contributed by atoms with E-state index in [1.54, 1.807) is 36.5 Å². The first-order chi connectivity index (χ1) is 15.7. The van der Waals surface area contributed by atoms with E-state index in [-0.39, 0.29) is 12.2 Å². The van der Waals surface area contributed by atoms with Gasteiger partial charge in [0.05, 0.1) is 5.69 Å². The van der Waals surface area contributed by atoms with E-state index in [0.29, 0.717) is 27.4 Å². The quantitative estimate of drug-likeness (QED) is 0.398. The Morgan fingerprint density at radius 2 is 1.58 bits per heavy atom. The van der Waals surface area contributed by atoms with Gasteiger partial charge in [0.2, 0.25) is 0 Å². The molecule has 5 nitrogen and oxygen atoms in total. The van der Waals surface area contributed by atoms with Crippen LogP contribution in [0.25, 0.3) is 11.1 Å². The standard InChI is InChI=1S/C24H17ClF3N3O2/c25-20-3-1-2-16(10-20)11-23(32,19-13-29-15-30-14-19)22-9-6-18(12-31-22)17-4-7-21(8-5-17)33-24(26,27)28/h1-10,12-15,32H,11H2. The van der Waals surface area contributed by atoms with Gasteiger partial charge in [0.1, 0.15) is 17.7 Å². The minimum absolute atomic E-state index is 0.177. The second-order valence-electron chi connectivity index (χ2n) is 7.30. The van der Waals surface area contributed by atoms with Gasteiger partial charge < -0.3 is 9.84 Å². The molecule has 1 atom stereocenters. The van der Waals surface area contributed by atoms with Gasteiger partial charge in [-0.3, -0.25) is 4.98 Å². The van der Waals surface area contributed by atoms with Crippen LogP contribution in [-0.4, -0.2) is 26.4 Å². The highest BCUT2D eigenvalue weighted by molar-refractivity contribution is 6.30. The summed E-state index contributed by atoms with van der Waals surface area (Å²) in [7, 11) is 0. The molecule has 0 saturated carbocycles. The number of pyridine rings is 1. The van der Waals surface area contributed by atoms with Crippen LogP contribution in [0.5, 0.6) is 5.75 Å². The van der Waals surface area contributed by atoms with Crippen molar-refractivity contribution in [2.75, 3.05) is 0 Å². The highest BCUT2D eigenvalue weighted by atomic mass is 35.5. The maximum Gasteiger partial charge on any atom is 0.573 e. The van der Waals surface area contributed by atoms with Crippen LogP contribution in [0.4, 0.5) is 13.2 Å². The van der Waals surface area contributed by atoms with Crippen LogP contribution in [0.1, 0.15) is 16.8 Å². The summed E-state index contributed by atoms with van der Waals surface area (Å²) < 4.78 is 41.0. The highest BCUT2D eigenvalue weighted by Crippen LogP contribution is 2.33. The number of ether oxygens (including phenoxy) is 1. The lowest BCUT2D eigenvalue weighted by molar-refractivity contribution is -0.274. The maximum atomic E-state index is 12.4. The van der Waals surface area contributed by atoms with Gasteiger partial charge in [-0.1, -0.05) is 41.9 Å². The number of aromatic nitrogens is 3. The molecule has 2 aromatic heterocycles. The first kappa shape index (κ1) is 22.7. The van der Waals surface area contributed by atoms with Gasteiger partial charge in [-0.15, -0.1) is 13.2 Å². The number of hydrogen-bond donors (Lipinski definition) is 1. The van der Waals surface area contributed by atoms with Crippen LogP contribution in [0.2, 0.25) is 5.02 Å². The molecule has 0 aliphatic heterocycles. The average Bonchev–Trinajstić information content (AvgIpc) is 2.79. The van der Waals surface area contributed by atoms with Crippen molar-refractivity contribution in [3.63, 3.8) is 0 Å². The molecule has 4 aromatic rings. The van der Waals surface area contributed by atoms with Crippen LogP contribution in [0.3, 0.4) is 0 Å². The van der Waals surface area contributed by atoms with Gasteiger partial charge in [-0.05, 0) is 41.5 Å². The molecule has 0 saturated heterocycles. The maximum absolute atomic E-state index is 12.4. The first-order valence-corrected chi connectivity index (χ1v) is 10.2. The van der Waals surface area contributed by atoms with Gasteiger partial charge in [-0.2, -0.15) is 0 Å². The lowest BCUT2D eigenvalue weighted by Crippen LogP contribution is -2.31. The molecule has 0 radical (unpaired) electrons. The third kappa shape index (κ3) is 5.47. The summed E-state index contributed by atoms with van der Waals surface area (Å²) in [5.41, 5.74) is 1.38. The summed E-state index contributed by atoms with van der Waals surface area (Å²) in [6.45, 7) is 0. The summed E-state index contributed by atoms with van der Waals surface area (Å²) in [6, 6.07) is 16.0. The van der Waals surface area contributed by atoms with Crippen molar-refractivity contribution in [2.24, 2.45) is 0 Å². The van der Waals surface area contributed by atoms with E-state index in [1.165, 1.54) is 43.0 Å². The molecular formula is C24H17ClF3N3O2. The predicted octanol–water partition coefficient (Wildman–Crippen LogP) is 5.57. The Kier molecular flexibility index (Phi) is 6.31. The normalized spacial score (nSPS) is 13.4. The van der Waals surface area contributed by atoms with E-state index in [4.69, 9.17) is 11.6 Å². The molecule has 1 N–H and O–H groups in total. The Bertz CT molecular complexity index is 1220. The Labute approximate surface area is 192 Å². The van der Waals surface area contributed by atoms with Crippen molar-refractivity contribution in [3.8, 4) is 16.9 Å². The number of benzene rings is 2. The Hall–Kier alpha value is -3.49. The topological polar surface area (TPSA) is 68.1 Å².